The van der Waals surface area contributed by atoms with Crippen LogP contribution in [0.2, 0.25) is 0 Å². The molecule has 1 nitrogen and oxygen atoms in total. The summed E-state index contributed by atoms with van der Waals surface area (Å²) in [5.41, 5.74) is 8.31. The van der Waals surface area contributed by atoms with E-state index in [1.165, 1.54) is 10.9 Å². The Morgan fingerprint density at radius 2 is 1.73 bits per heavy atom. The number of nitrogens with two attached hydrogens (primary N) is 1. The average molecular weight is 199 g/mol. The fourth-order valence-electron chi connectivity index (χ4n) is 1.78. The van der Waals surface area contributed by atoms with E-state index in [9.17, 15) is 0 Å². The Morgan fingerprint density at radius 3 is 2.40 bits per heavy atom. The highest BCUT2D eigenvalue weighted by molar-refractivity contribution is 5.93. The van der Waals surface area contributed by atoms with Crippen molar-refractivity contribution in [1.82, 2.24) is 0 Å². The molecule has 0 aliphatic carbocycles. The van der Waals surface area contributed by atoms with E-state index in [0.717, 1.165) is 11.1 Å². The van der Waals surface area contributed by atoms with Crippen LogP contribution in [0, 0.1) is 0 Å². The predicted octanol–water partition coefficient (Wildman–Crippen LogP) is 3.72. The molecule has 0 heterocycles. The maximum absolute atomic E-state index is 5.92. The Hall–Kier alpha value is -1.50. The molecule has 15 heavy (non-hydrogen) atoms. The highest BCUT2D eigenvalue weighted by atomic mass is 14.5. The van der Waals surface area contributed by atoms with Crippen LogP contribution < -0.4 is 5.73 Å². The van der Waals surface area contributed by atoms with Crippen LogP contribution in [0.1, 0.15) is 26.3 Å². The average Bonchev–Trinajstić information content (AvgIpc) is 2.16. The summed E-state index contributed by atoms with van der Waals surface area (Å²) in [5.74, 6) is 0. The van der Waals surface area contributed by atoms with Crippen LogP contribution in [0.4, 0.5) is 5.69 Å². The lowest BCUT2D eigenvalue weighted by atomic mass is 9.86. The third kappa shape index (κ3) is 1.82. The van der Waals surface area contributed by atoms with Crippen LogP contribution in [-0.2, 0) is 5.41 Å². The quantitative estimate of drug-likeness (QED) is 0.643. The van der Waals surface area contributed by atoms with E-state index in [0.29, 0.717) is 0 Å². The first-order valence-electron chi connectivity index (χ1n) is 5.27. The molecule has 2 aromatic rings. The first-order valence-corrected chi connectivity index (χ1v) is 5.27. The topological polar surface area (TPSA) is 26.0 Å². The third-order valence-electron chi connectivity index (χ3n) is 2.78. The Morgan fingerprint density at radius 1 is 1.00 bits per heavy atom. The first-order chi connectivity index (χ1) is 6.98. The van der Waals surface area contributed by atoms with E-state index in [-0.39, 0.29) is 5.41 Å². The molecule has 0 bridgehead atoms. The van der Waals surface area contributed by atoms with E-state index >= 15 is 0 Å². The summed E-state index contributed by atoms with van der Waals surface area (Å²) in [6.07, 6.45) is 0. The number of benzene rings is 2. The Kier molecular flexibility index (Phi) is 2.18. The second-order valence-corrected chi connectivity index (χ2v) is 5.03. The molecule has 0 aliphatic heterocycles. The first kappa shape index (κ1) is 10.0. The van der Waals surface area contributed by atoms with Gasteiger partial charge in [-0.25, -0.2) is 0 Å². The molecule has 0 aromatic heterocycles. The lowest BCUT2D eigenvalue weighted by Crippen LogP contribution is -2.10. The van der Waals surface area contributed by atoms with Gasteiger partial charge in [-0.3, -0.25) is 0 Å². The molecule has 0 spiro atoms. The molecule has 0 aliphatic rings. The van der Waals surface area contributed by atoms with E-state index in [2.05, 4.69) is 45.0 Å². The SMILES string of the molecule is CC(C)(C)c1ccc2c(N)cccc2c1. The molecule has 0 saturated carbocycles. The molecule has 0 amide bonds. The number of hydrogen-bond donors (Lipinski definition) is 1. The zero-order valence-electron chi connectivity index (χ0n) is 9.54. The van der Waals surface area contributed by atoms with Gasteiger partial charge in [0.25, 0.3) is 0 Å². The maximum atomic E-state index is 5.92. The van der Waals surface area contributed by atoms with Gasteiger partial charge in [-0.15, -0.1) is 0 Å². The van der Waals surface area contributed by atoms with Gasteiger partial charge in [0.2, 0.25) is 0 Å². The minimum Gasteiger partial charge on any atom is -0.398 e. The summed E-state index contributed by atoms with van der Waals surface area (Å²) in [6, 6.07) is 12.6. The number of anilines is 1. The number of hydrogen-bond acceptors (Lipinski definition) is 1. The van der Waals surface area contributed by atoms with Gasteiger partial charge in [-0.05, 0) is 22.4 Å². The summed E-state index contributed by atoms with van der Waals surface area (Å²) in [6.45, 7) is 6.67. The molecule has 0 saturated heterocycles. The van der Waals surface area contributed by atoms with Crippen molar-refractivity contribution in [1.29, 1.82) is 0 Å². The molecule has 2 aromatic carbocycles. The fraction of sp³-hybridized carbons (Fsp3) is 0.286. The van der Waals surface area contributed by atoms with Crippen LogP contribution in [0.15, 0.2) is 36.4 Å². The van der Waals surface area contributed by atoms with Crippen molar-refractivity contribution in [2.45, 2.75) is 26.2 Å². The molecular weight excluding hydrogens is 182 g/mol. The largest absolute Gasteiger partial charge is 0.398 e. The van der Waals surface area contributed by atoms with Gasteiger partial charge in [-0.2, -0.15) is 0 Å². The van der Waals surface area contributed by atoms with Crippen molar-refractivity contribution in [3.05, 3.63) is 42.0 Å². The molecule has 0 unspecified atom stereocenters. The number of nitrogen functional groups attached to an aromatic ring is 1. The van der Waals surface area contributed by atoms with Gasteiger partial charge in [0.1, 0.15) is 0 Å². The summed E-state index contributed by atoms with van der Waals surface area (Å²) < 4.78 is 0. The highest BCUT2D eigenvalue weighted by Gasteiger charge is 2.13. The number of fused-ring (bicyclic) bond motifs is 1. The molecule has 0 radical (unpaired) electrons. The third-order valence-corrected chi connectivity index (χ3v) is 2.78. The highest BCUT2D eigenvalue weighted by Crippen LogP contribution is 2.28. The van der Waals surface area contributed by atoms with Crippen LogP contribution in [-0.4, -0.2) is 0 Å². The van der Waals surface area contributed by atoms with E-state index in [1.807, 2.05) is 12.1 Å². The van der Waals surface area contributed by atoms with Gasteiger partial charge >= 0.3 is 0 Å². The van der Waals surface area contributed by atoms with Gasteiger partial charge in [0.15, 0.2) is 0 Å². The van der Waals surface area contributed by atoms with Crippen molar-refractivity contribution >= 4 is 16.5 Å². The van der Waals surface area contributed by atoms with Gasteiger partial charge < -0.3 is 5.73 Å². The second-order valence-electron chi connectivity index (χ2n) is 5.03. The van der Waals surface area contributed by atoms with Crippen LogP contribution in [0.25, 0.3) is 10.8 Å². The summed E-state index contributed by atoms with van der Waals surface area (Å²) >= 11 is 0. The van der Waals surface area contributed by atoms with Crippen LogP contribution >= 0.6 is 0 Å². The van der Waals surface area contributed by atoms with E-state index < -0.39 is 0 Å². The zero-order valence-corrected chi connectivity index (χ0v) is 9.54. The molecule has 2 rings (SSSR count). The van der Waals surface area contributed by atoms with E-state index in [4.69, 9.17) is 5.73 Å². The lowest BCUT2D eigenvalue weighted by molar-refractivity contribution is 0.591. The lowest BCUT2D eigenvalue weighted by Gasteiger charge is -2.19. The molecule has 1 heteroatoms. The standard InChI is InChI=1S/C14H17N/c1-14(2,3)11-7-8-12-10(9-11)5-4-6-13(12)15/h4-9H,15H2,1-3H3. The zero-order chi connectivity index (χ0) is 11.1. The minimum absolute atomic E-state index is 0.193. The monoisotopic (exact) mass is 199 g/mol. The summed E-state index contributed by atoms with van der Waals surface area (Å²) in [4.78, 5) is 0. The van der Waals surface area contributed by atoms with Crippen molar-refractivity contribution in [3.63, 3.8) is 0 Å². The molecule has 0 fully saturated rings. The minimum atomic E-state index is 0.193. The van der Waals surface area contributed by atoms with Gasteiger partial charge in [0, 0.05) is 11.1 Å². The van der Waals surface area contributed by atoms with E-state index in [1.54, 1.807) is 0 Å². The second kappa shape index (κ2) is 3.27. The normalized spacial score (nSPS) is 11.9. The summed E-state index contributed by atoms with van der Waals surface area (Å²) in [7, 11) is 0. The van der Waals surface area contributed by atoms with Crippen molar-refractivity contribution in [3.8, 4) is 0 Å². The Labute approximate surface area is 90.9 Å². The van der Waals surface area contributed by atoms with Crippen LogP contribution in [0.5, 0.6) is 0 Å². The van der Waals surface area contributed by atoms with Gasteiger partial charge in [-0.1, -0.05) is 51.1 Å². The fourth-order valence-corrected chi connectivity index (χ4v) is 1.78. The van der Waals surface area contributed by atoms with Crippen molar-refractivity contribution in [2.75, 3.05) is 5.73 Å². The van der Waals surface area contributed by atoms with Gasteiger partial charge in [0.05, 0.1) is 0 Å². The summed E-state index contributed by atoms with van der Waals surface area (Å²) in [5, 5.41) is 2.37. The van der Waals surface area contributed by atoms with Crippen molar-refractivity contribution < 1.29 is 0 Å². The Bertz CT molecular complexity index is 492. The predicted molar refractivity (Wildman–Crippen MR) is 67.1 cm³/mol. The maximum Gasteiger partial charge on any atom is 0.0393 e. The Balaban J connectivity index is 2.68. The molecular formula is C14H17N. The molecule has 0 atom stereocenters. The molecule has 78 valence electrons. The van der Waals surface area contributed by atoms with Crippen molar-refractivity contribution in [2.24, 2.45) is 0 Å². The smallest absolute Gasteiger partial charge is 0.0393 e. The number of rotatable bonds is 0. The molecule has 2 N–H and O–H groups in total. The van der Waals surface area contributed by atoms with Crippen LogP contribution in [0.3, 0.4) is 0 Å².